The first-order valence-corrected chi connectivity index (χ1v) is 27.2. The Morgan fingerprint density at radius 1 is 0.931 bits per heavy atom. The van der Waals surface area contributed by atoms with Gasteiger partial charge in [-0.1, -0.05) is 0 Å². The van der Waals surface area contributed by atoms with E-state index in [1.54, 1.807) is 0 Å². The van der Waals surface area contributed by atoms with E-state index >= 15 is 0 Å². The summed E-state index contributed by atoms with van der Waals surface area (Å²) in [7, 11) is -3.54. The first kappa shape index (κ1) is 29.6. The third kappa shape index (κ3) is 9.75. The van der Waals surface area contributed by atoms with Gasteiger partial charge in [0.1, 0.15) is 0 Å². The van der Waals surface area contributed by atoms with Gasteiger partial charge in [-0.2, -0.15) is 0 Å². The van der Waals surface area contributed by atoms with Gasteiger partial charge in [0.05, 0.1) is 0 Å². The summed E-state index contributed by atoms with van der Waals surface area (Å²) in [6, 6.07) is 2.36. The van der Waals surface area contributed by atoms with E-state index in [9.17, 15) is 0 Å². The van der Waals surface area contributed by atoms with Gasteiger partial charge >= 0.3 is 191 Å². The van der Waals surface area contributed by atoms with Crippen molar-refractivity contribution in [3.8, 4) is 0 Å². The maximum absolute atomic E-state index is 6.86. The molecule has 0 aliphatic heterocycles. The van der Waals surface area contributed by atoms with E-state index < -0.39 is 35.0 Å². The minimum atomic E-state index is -2.05. The van der Waals surface area contributed by atoms with Crippen LogP contribution >= 0.6 is 0 Å². The molecule has 172 valence electrons. The van der Waals surface area contributed by atoms with Crippen LogP contribution in [0.5, 0.6) is 0 Å². The number of hydrogen-bond donors (Lipinski definition) is 0. The first-order valence-electron chi connectivity index (χ1n) is 11.6. The van der Waals surface area contributed by atoms with E-state index in [-0.39, 0.29) is 17.2 Å². The average Bonchev–Trinajstić information content (AvgIpc) is 2.53. The fourth-order valence-corrected chi connectivity index (χ4v) is 12.8. The van der Waals surface area contributed by atoms with E-state index in [0.29, 0.717) is 5.54 Å². The Morgan fingerprint density at radius 3 is 1.76 bits per heavy atom. The van der Waals surface area contributed by atoms with E-state index in [1.807, 2.05) is 0 Å². The predicted octanol–water partition coefficient (Wildman–Crippen LogP) is 8.56. The fourth-order valence-electron chi connectivity index (χ4n) is 3.58. The Morgan fingerprint density at radius 2 is 1.41 bits per heavy atom. The summed E-state index contributed by atoms with van der Waals surface area (Å²) in [6.07, 6.45) is 4.76. The van der Waals surface area contributed by atoms with Crippen LogP contribution in [0.2, 0.25) is 50.6 Å². The Balaban J connectivity index is 5.74. The van der Waals surface area contributed by atoms with Gasteiger partial charge in [0.25, 0.3) is 0 Å². The number of rotatable bonds is 11. The van der Waals surface area contributed by atoms with Gasteiger partial charge in [0.2, 0.25) is 0 Å². The standard InChI is InChI=1S/C21H43O2Si2.3CH3.Sn/c1-13-25(14-2,18(5)6)22-19(7)15-16-20(17(3)4)23-24(11,12)21(8,9)10;;;;/h3,15-16,18-20H,13-14H2,1-2,4-12H3;3*1H3;/b16-15+,17-3?;;;;/t19-,20?;;;;/m1..../s1. The summed E-state index contributed by atoms with van der Waals surface area (Å²) in [5.74, 6) is 0. The van der Waals surface area contributed by atoms with E-state index in [4.69, 9.17) is 8.85 Å². The van der Waals surface area contributed by atoms with Gasteiger partial charge in [-0.3, -0.25) is 0 Å². The molecule has 0 saturated carbocycles. The quantitative estimate of drug-likeness (QED) is 0.191. The molecule has 0 saturated heterocycles. The van der Waals surface area contributed by atoms with Crippen molar-refractivity contribution in [2.75, 3.05) is 0 Å². The third-order valence-corrected chi connectivity index (χ3v) is 20.1. The van der Waals surface area contributed by atoms with Crippen molar-refractivity contribution >= 4 is 35.0 Å². The van der Waals surface area contributed by atoms with Gasteiger partial charge in [0.15, 0.2) is 0 Å². The Hall–Kier alpha value is 0.632. The molecular weight excluding hydrogens is 495 g/mol. The molecular formula is C24H52O2Si2Sn. The van der Waals surface area contributed by atoms with Crippen LogP contribution in [0.15, 0.2) is 21.8 Å². The van der Waals surface area contributed by atoms with Gasteiger partial charge < -0.3 is 0 Å². The summed E-state index contributed by atoms with van der Waals surface area (Å²) >= 11 is -2.05. The predicted molar refractivity (Wildman–Crippen MR) is 141 cm³/mol. The van der Waals surface area contributed by atoms with Gasteiger partial charge in [-0.15, -0.1) is 0 Å². The van der Waals surface area contributed by atoms with Crippen LogP contribution in [0.25, 0.3) is 0 Å². The second kappa shape index (κ2) is 11.5. The molecule has 0 aromatic rings. The first-order chi connectivity index (χ1) is 12.9. The Labute approximate surface area is 190 Å². The topological polar surface area (TPSA) is 18.5 Å². The second-order valence-electron chi connectivity index (χ2n) is 11.7. The molecule has 0 spiro atoms. The van der Waals surface area contributed by atoms with Crippen LogP contribution < -0.4 is 0 Å². The van der Waals surface area contributed by atoms with Crippen LogP contribution in [-0.2, 0) is 8.85 Å². The zero-order valence-corrected chi connectivity index (χ0v) is 27.0. The van der Waals surface area contributed by atoms with Crippen molar-refractivity contribution in [3.63, 3.8) is 0 Å². The molecule has 0 heterocycles. The molecule has 0 aliphatic carbocycles. The molecule has 0 radical (unpaired) electrons. The van der Waals surface area contributed by atoms with Crippen molar-refractivity contribution in [1.82, 2.24) is 0 Å². The van der Waals surface area contributed by atoms with E-state index in [2.05, 4.69) is 106 Å². The summed E-state index contributed by atoms with van der Waals surface area (Å²) in [5.41, 5.74) is 2.03. The molecule has 0 bridgehead atoms. The fraction of sp³-hybridized carbons (Fsp3) is 0.833. The van der Waals surface area contributed by atoms with Gasteiger partial charge in [-0.05, 0) is 0 Å². The summed E-state index contributed by atoms with van der Waals surface area (Å²) < 4.78 is 16.2. The summed E-state index contributed by atoms with van der Waals surface area (Å²) in [5, 5.41) is 0.205. The summed E-state index contributed by atoms with van der Waals surface area (Å²) in [6.45, 7) is 25.4. The molecule has 1 unspecified atom stereocenters. The zero-order valence-electron chi connectivity index (χ0n) is 22.2. The Bertz CT molecular complexity index is 550. The van der Waals surface area contributed by atoms with Crippen molar-refractivity contribution in [3.05, 3.63) is 21.8 Å². The van der Waals surface area contributed by atoms with Crippen LogP contribution in [-0.4, -0.2) is 47.2 Å². The van der Waals surface area contributed by atoms with Crippen LogP contribution in [0.4, 0.5) is 0 Å². The molecule has 0 N–H and O–H groups in total. The molecule has 0 aliphatic rings. The van der Waals surface area contributed by atoms with Gasteiger partial charge in [0, 0.05) is 0 Å². The monoisotopic (exact) mass is 548 g/mol. The molecule has 2 atom stereocenters. The van der Waals surface area contributed by atoms with Crippen LogP contribution in [0.3, 0.4) is 0 Å². The zero-order chi connectivity index (χ0) is 23.3. The van der Waals surface area contributed by atoms with Crippen LogP contribution in [0.1, 0.15) is 62.3 Å². The molecule has 29 heavy (non-hydrogen) atoms. The van der Waals surface area contributed by atoms with Crippen molar-refractivity contribution in [1.29, 1.82) is 0 Å². The van der Waals surface area contributed by atoms with E-state index in [1.165, 1.54) is 17.7 Å². The molecule has 0 amide bonds. The molecule has 0 aromatic carbocycles. The minimum absolute atomic E-state index is 0.0660. The molecule has 2 nitrogen and oxygen atoms in total. The average molecular weight is 548 g/mol. The molecule has 5 heteroatoms. The SMILES string of the molecule is CC[Si](CC)(O[C@H](C)/C=C/C(O[Si](C)(C)C(C)(C)C)/C(C)=[CH]\[Sn]([CH3])([CH3])[CH3])C(C)C. The van der Waals surface area contributed by atoms with Crippen molar-refractivity contribution in [2.45, 2.75) is 125 Å². The van der Waals surface area contributed by atoms with Crippen molar-refractivity contribution < 1.29 is 8.85 Å². The second-order valence-corrected chi connectivity index (χ2v) is 35.7. The van der Waals surface area contributed by atoms with Gasteiger partial charge in [-0.25, -0.2) is 0 Å². The Kier molecular flexibility index (Phi) is 11.7. The molecule has 0 aromatic heterocycles. The number of hydrogen-bond acceptors (Lipinski definition) is 2. The summed E-state index contributed by atoms with van der Waals surface area (Å²) in [4.78, 5) is 7.38. The normalized spacial score (nSPS) is 17.3. The molecule has 0 rings (SSSR count). The molecule has 0 fully saturated rings. The van der Waals surface area contributed by atoms with E-state index in [0.717, 1.165) is 0 Å². The van der Waals surface area contributed by atoms with Crippen LogP contribution in [0, 0.1) is 0 Å². The van der Waals surface area contributed by atoms with Crippen molar-refractivity contribution in [2.24, 2.45) is 0 Å². The third-order valence-electron chi connectivity index (χ3n) is 6.56. The maximum atomic E-state index is 6.86.